The van der Waals surface area contributed by atoms with Gasteiger partial charge in [0.1, 0.15) is 23.9 Å². The van der Waals surface area contributed by atoms with Crippen molar-refractivity contribution in [1.82, 2.24) is 19.2 Å². The molecule has 1 fully saturated rings. The molecule has 0 saturated carbocycles. The summed E-state index contributed by atoms with van der Waals surface area (Å²) in [6.07, 6.45) is 0.586. The third-order valence-corrected chi connectivity index (χ3v) is 8.53. The lowest BCUT2D eigenvalue weighted by molar-refractivity contribution is -0.187. The van der Waals surface area contributed by atoms with Crippen LogP contribution in [0.1, 0.15) is 17.7 Å². The standard InChI is InChI=1S/C29H37F3N6O3Si/c1-42(2,3)17-16-40-21-34-26(10-11-33)22-4-6-24(7-5-22)41-25-8-9-27-35-23(19-38(27)20-25)18-36-12-14-37(15-13-36)28(39)29(30,31)32/h4-9,11,19-20,33H,10,12-18,21H2,1-3H3. The van der Waals surface area contributed by atoms with E-state index in [0.29, 0.717) is 44.2 Å². The largest absolute Gasteiger partial charge is 0.471 e. The number of amides is 1. The molecular formula is C29H37F3N6O3Si. The fourth-order valence-corrected chi connectivity index (χ4v) is 5.22. The SMILES string of the molecule is C[Si](C)(C)CCOCN=C(CC=N)c1ccc(Oc2ccc3nc(CN4CCN(C(=O)C(F)(F)F)CC4)cn3c2)cc1. The second-order valence-corrected chi connectivity index (χ2v) is 17.0. The van der Waals surface area contributed by atoms with E-state index in [1.807, 2.05) is 58.1 Å². The van der Waals surface area contributed by atoms with Gasteiger partial charge in [0.05, 0.1) is 17.6 Å². The number of nitrogens with zero attached hydrogens (tertiary/aromatic N) is 5. The number of carbonyl (C=O) groups excluding carboxylic acids is 1. The first-order chi connectivity index (χ1) is 19.9. The van der Waals surface area contributed by atoms with E-state index in [4.69, 9.17) is 14.9 Å². The molecular weight excluding hydrogens is 565 g/mol. The fraction of sp³-hybridized carbons (Fsp3) is 0.448. The van der Waals surface area contributed by atoms with Crippen molar-refractivity contribution in [2.75, 3.05) is 39.5 Å². The van der Waals surface area contributed by atoms with E-state index in [2.05, 4.69) is 29.6 Å². The van der Waals surface area contributed by atoms with Gasteiger partial charge in [0.2, 0.25) is 0 Å². The van der Waals surface area contributed by atoms with Gasteiger partial charge in [0, 0.05) is 66.2 Å². The number of hydrogen-bond donors (Lipinski definition) is 1. The first-order valence-electron chi connectivity index (χ1n) is 13.9. The van der Waals surface area contributed by atoms with Crippen LogP contribution in [0.15, 0.2) is 53.8 Å². The number of ether oxygens (including phenoxy) is 2. The minimum Gasteiger partial charge on any atom is -0.456 e. The van der Waals surface area contributed by atoms with Crippen LogP contribution in [0.2, 0.25) is 25.7 Å². The Balaban J connectivity index is 1.33. The van der Waals surface area contributed by atoms with Gasteiger partial charge < -0.3 is 24.2 Å². The number of hydrogen-bond acceptors (Lipinski definition) is 7. The minimum absolute atomic E-state index is 0.0315. The highest BCUT2D eigenvalue weighted by Gasteiger charge is 2.43. The zero-order valence-electron chi connectivity index (χ0n) is 24.2. The van der Waals surface area contributed by atoms with Gasteiger partial charge >= 0.3 is 12.1 Å². The van der Waals surface area contributed by atoms with Crippen LogP contribution in [0.25, 0.3) is 5.65 Å². The van der Waals surface area contributed by atoms with E-state index in [1.54, 1.807) is 0 Å². The topological polar surface area (TPSA) is 95.5 Å². The maximum atomic E-state index is 12.7. The Morgan fingerprint density at radius 1 is 1.05 bits per heavy atom. The van der Waals surface area contributed by atoms with Gasteiger partial charge in [-0.05, 0) is 48.0 Å². The number of imidazole rings is 1. The number of fused-ring (bicyclic) bond motifs is 1. The predicted octanol–water partition coefficient (Wildman–Crippen LogP) is 5.47. The van der Waals surface area contributed by atoms with E-state index in [1.165, 1.54) is 6.21 Å². The molecule has 9 nitrogen and oxygen atoms in total. The zero-order valence-corrected chi connectivity index (χ0v) is 25.2. The summed E-state index contributed by atoms with van der Waals surface area (Å²) in [6.45, 7) is 9.10. The lowest BCUT2D eigenvalue weighted by atomic mass is 10.1. The highest BCUT2D eigenvalue weighted by Crippen LogP contribution is 2.24. The quantitative estimate of drug-likeness (QED) is 0.168. The summed E-state index contributed by atoms with van der Waals surface area (Å²) in [5.41, 5.74) is 3.18. The van der Waals surface area contributed by atoms with Gasteiger partial charge in [-0.2, -0.15) is 13.2 Å². The average molecular weight is 603 g/mol. The van der Waals surface area contributed by atoms with Crippen molar-refractivity contribution >= 4 is 31.6 Å². The van der Waals surface area contributed by atoms with E-state index in [-0.39, 0.29) is 19.8 Å². The van der Waals surface area contributed by atoms with Crippen LogP contribution in [0.3, 0.4) is 0 Å². The Morgan fingerprint density at radius 3 is 2.38 bits per heavy atom. The molecule has 1 aromatic carbocycles. The van der Waals surface area contributed by atoms with E-state index in [0.717, 1.165) is 33.6 Å². The Morgan fingerprint density at radius 2 is 1.74 bits per heavy atom. The van der Waals surface area contributed by atoms with E-state index in [9.17, 15) is 18.0 Å². The molecule has 0 spiro atoms. The van der Waals surface area contributed by atoms with Gasteiger partial charge in [-0.25, -0.2) is 4.98 Å². The van der Waals surface area contributed by atoms with Crippen molar-refractivity contribution in [1.29, 1.82) is 5.41 Å². The summed E-state index contributed by atoms with van der Waals surface area (Å²) in [4.78, 5) is 23.5. The van der Waals surface area contributed by atoms with Crippen molar-refractivity contribution in [3.63, 3.8) is 0 Å². The summed E-state index contributed by atoms with van der Waals surface area (Å²) in [6, 6.07) is 12.3. The fourth-order valence-electron chi connectivity index (χ4n) is 4.47. The monoisotopic (exact) mass is 602 g/mol. The van der Waals surface area contributed by atoms with Crippen LogP contribution in [0.4, 0.5) is 13.2 Å². The summed E-state index contributed by atoms with van der Waals surface area (Å²) in [7, 11) is -1.16. The van der Waals surface area contributed by atoms with Crippen molar-refractivity contribution in [2.24, 2.45) is 4.99 Å². The maximum Gasteiger partial charge on any atom is 0.471 e. The van der Waals surface area contributed by atoms with Gasteiger partial charge in [-0.15, -0.1) is 0 Å². The molecule has 0 aliphatic carbocycles. The van der Waals surface area contributed by atoms with Crippen molar-refractivity contribution in [3.05, 3.63) is 60.0 Å². The molecule has 1 aliphatic heterocycles. The number of carbonyl (C=O) groups is 1. The molecule has 42 heavy (non-hydrogen) atoms. The molecule has 1 amide bonds. The molecule has 4 rings (SSSR count). The van der Waals surface area contributed by atoms with Crippen molar-refractivity contribution < 1.29 is 27.4 Å². The third kappa shape index (κ3) is 8.97. The maximum absolute atomic E-state index is 12.7. The molecule has 226 valence electrons. The second-order valence-electron chi connectivity index (χ2n) is 11.4. The smallest absolute Gasteiger partial charge is 0.456 e. The first-order valence-corrected chi connectivity index (χ1v) is 17.6. The van der Waals surface area contributed by atoms with Crippen LogP contribution < -0.4 is 4.74 Å². The summed E-state index contributed by atoms with van der Waals surface area (Å²) < 4.78 is 51.7. The van der Waals surface area contributed by atoms with Crippen molar-refractivity contribution in [2.45, 2.75) is 44.8 Å². The van der Waals surface area contributed by atoms with Gasteiger partial charge in [-0.3, -0.25) is 14.7 Å². The second kappa shape index (κ2) is 13.6. The number of halogens is 3. The summed E-state index contributed by atoms with van der Waals surface area (Å²) >= 11 is 0. The number of aliphatic imine (C=N–C) groups is 1. The van der Waals surface area contributed by atoms with Gasteiger partial charge in [0.25, 0.3) is 0 Å². The number of aromatic nitrogens is 2. The Labute approximate surface area is 244 Å². The number of nitrogens with one attached hydrogen (secondary N) is 1. The highest BCUT2D eigenvalue weighted by molar-refractivity contribution is 6.76. The Bertz CT molecular complexity index is 1390. The molecule has 3 heterocycles. The minimum atomic E-state index is -4.84. The molecule has 0 bridgehead atoms. The average Bonchev–Trinajstić information content (AvgIpc) is 3.33. The molecule has 0 unspecified atom stereocenters. The number of alkyl halides is 3. The molecule has 1 aliphatic rings. The van der Waals surface area contributed by atoms with Crippen LogP contribution >= 0.6 is 0 Å². The normalized spacial score (nSPS) is 15.3. The number of piperazine rings is 1. The molecule has 0 radical (unpaired) electrons. The van der Waals surface area contributed by atoms with Crippen LogP contribution in [0, 0.1) is 5.41 Å². The summed E-state index contributed by atoms with van der Waals surface area (Å²) in [5.74, 6) is -0.525. The van der Waals surface area contributed by atoms with E-state index < -0.39 is 20.2 Å². The predicted molar refractivity (Wildman–Crippen MR) is 159 cm³/mol. The lowest BCUT2D eigenvalue weighted by Gasteiger charge is -2.34. The van der Waals surface area contributed by atoms with Crippen LogP contribution in [-0.2, 0) is 16.1 Å². The zero-order chi connectivity index (χ0) is 30.3. The molecule has 2 aromatic heterocycles. The number of rotatable bonds is 12. The Kier molecular flexibility index (Phi) is 10.2. The van der Waals surface area contributed by atoms with Crippen LogP contribution in [-0.4, -0.2) is 90.8 Å². The number of benzene rings is 1. The van der Waals surface area contributed by atoms with E-state index >= 15 is 0 Å². The van der Waals surface area contributed by atoms with Crippen molar-refractivity contribution in [3.8, 4) is 11.5 Å². The number of pyridine rings is 1. The molecule has 0 atom stereocenters. The molecule has 1 saturated heterocycles. The third-order valence-electron chi connectivity index (χ3n) is 6.82. The molecule has 3 aromatic rings. The Hall–Kier alpha value is -3.55. The lowest BCUT2D eigenvalue weighted by Crippen LogP contribution is -2.52. The van der Waals surface area contributed by atoms with Gasteiger partial charge in [0.15, 0.2) is 0 Å². The van der Waals surface area contributed by atoms with Gasteiger partial charge in [-0.1, -0.05) is 19.6 Å². The van der Waals surface area contributed by atoms with Crippen LogP contribution in [0.5, 0.6) is 11.5 Å². The highest BCUT2D eigenvalue weighted by atomic mass is 28.3. The molecule has 13 heteroatoms. The molecule has 1 N–H and O–H groups in total. The summed E-state index contributed by atoms with van der Waals surface area (Å²) in [5, 5.41) is 7.53. The first kappa shape index (κ1) is 31.4.